The van der Waals surface area contributed by atoms with Gasteiger partial charge in [-0.3, -0.25) is 9.59 Å². The van der Waals surface area contributed by atoms with Crippen molar-refractivity contribution in [2.45, 2.75) is 25.3 Å². The fraction of sp³-hybridized carbons (Fsp3) is 0.190. The van der Waals surface area contributed by atoms with Gasteiger partial charge >= 0.3 is 12.4 Å². The molecule has 2 amide bonds. The number of hydrogen-bond donors (Lipinski definition) is 3. The number of halogens is 7. The van der Waals surface area contributed by atoms with Gasteiger partial charge in [0.15, 0.2) is 0 Å². The van der Waals surface area contributed by atoms with E-state index >= 15 is 0 Å². The number of carbonyl (C=O) groups is 2. The number of alkyl halides is 6. The molecular weight excluding hydrogens is 550 g/mol. The number of thiazole rings is 1. The molecule has 1 aromatic carbocycles. The van der Waals surface area contributed by atoms with Crippen molar-refractivity contribution in [2.24, 2.45) is 0 Å². The third-order valence-corrected chi connectivity index (χ3v) is 6.36. The summed E-state index contributed by atoms with van der Waals surface area (Å²) in [6.07, 6.45) is -7.48. The predicted molar refractivity (Wildman–Crippen MR) is 121 cm³/mol. The highest BCUT2D eigenvalue weighted by atomic mass is 35.5. The SMILES string of the molecule is C[C@@H](NC(=O)c1ccc2[nH]c(C(F)(F)F)nc2c1)c1ncc(C(=O)Nc2cc(C(F)(F)F)c(Cl)cn2)s1. The lowest BCUT2D eigenvalue weighted by atomic mass is 10.2. The maximum absolute atomic E-state index is 13.0. The van der Waals surface area contributed by atoms with Gasteiger partial charge in [0.25, 0.3) is 11.8 Å². The van der Waals surface area contributed by atoms with Crippen LogP contribution >= 0.6 is 22.9 Å². The van der Waals surface area contributed by atoms with E-state index in [-0.39, 0.29) is 27.3 Å². The van der Waals surface area contributed by atoms with E-state index in [1.54, 1.807) is 6.92 Å². The zero-order chi connectivity index (χ0) is 27.1. The summed E-state index contributed by atoms with van der Waals surface area (Å²) >= 11 is 6.39. The smallest absolute Gasteiger partial charge is 0.343 e. The number of nitrogens with one attached hydrogen (secondary N) is 3. The molecule has 194 valence electrons. The first-order chi connectivity index (χ1) is 17.2. The molecule has 0 saturated carbocycles. The van der Waals surface area contributed by atoms with E-state index in [4.69, 9.17) is 11.6 Å². The Bertz CT molecular complexity index is 1500. The molecule has 16 heteroatoms. The van der Waals surface area contributed by atoms with Crippen molar-refractivity contribution in [3.63, 3.8) is 0 Å². The Labute approximate surface area is 212 Å². The van der Waals surface area contributed by atoms with Gasteiger partial charge in [-0.25, -0.2) is 15.0 Å². The number of pyridine rings is 1. The van der Waals surface area contributed by atoms with E-state index in [2.05, 4.69) is 30.6 Å². The van der Waals surface area contributed by atoms with Crippen molar-refractivity contribution in [3.05, 3.63) is 68.5 Å². The van der Waals surface area contributed by atoms with Crippen molar-refractivity contribution < 1.29 is 35.9 Å². The fourth-order valence-corrected chi connectivity index (χ4v) is 4.14. The molecule has 8 nitrogen and oxygen atoms in total. The minimum Gasteiger partial charge on any atom is -0.343 e. The van der Waals surface area contributed by atoms with E-state index in [9.17, 15) is 35.9 Å². The van der Waals surface area contributed by atoms with E-state index < -0.39 is 46.6 Å². The Balaban J connectivity index is 1.44. The molecule has 0 radical (unpaired) electrons. The largest absolute Gasteiger partial charge is 0.449 e. The monoisotopic (exact) mass is 562 g/mol. The Kier molecular flexibility index (Phi) is 6.85. The second-order valence-electron chi connectivity index (χ2n) is 7.57. The summed E-state index contributed by atoms with van der Waals surface area (Å²) in [5, 5.41) is 4.51. The number of amides is 2. The van der Waals surface area contributed by atoms with Gasteiger partial charge in [0, 0.05) is 11.8 Å². The molecule has 37 heavy (non-hydrogen) atoms. The van der Waals surface area contributed by atoms with E-state index in [0.717, 1.165) is 17.5 Å². The van der Waals surface area contributed by atoms with Crippen molar-refractivity contribution in [1.82, 2.24) is 25.3 Å². The molecule has 1 atom stereocenters. The van der Waals surface area contributed by atoms with Crippen LogP contribution in [0.15, 0.2) is 36.7 Å². The quantitative estimate of drug-likeness (QED) is 0.264. The number of nitrogens with zero attached hydrogens (tertiary/aromatic N) is 3. The Morgan fingerprint density at radius 3 is 2.43 bits per heavy atom. The lowest BCUT2D eigenvalue weighted by Gasteiger charge is -2.11. The van der Waals surface area contributed by atoms with Gasteiger partial charge in [-0.15, -0.1) is 11.3 Å². The van der Waals surface area contributed by atoms with Crippen LogP contribution in [0.4, 0.5) is 32.2 Å². The molecule has 0 aliphatic carbocycles. The molecule has 0 unspecified atom stereocenters. The molecular formula is C21H13ClF6N6O2S. The van der Waals surface area contributed by atoms with Crippen molar-refractivity contribution >= 4 is 51.6 Å². The number of hydrogen-bond acceptors (Lipinski definition) is 6. The van der Waals surface area contributed by atoms with Gasteiger partial charge < -0.3 is 15.6 Å². The standard InChI is InChI=1S/C21H13ClF6N6O2S/c1-8(31-16(35)9-2-3-12-13(4-9)33-19(32-12)21(26,27)28)18-30-7-14(37-18)17(36)34-15-5-10(20(23,24)25)11(22)6-29-15/h2-8H,1H3,(H,31,35)(H,32,33)(H,29,34,36)/t8-/m1/s1. The Morgan fingerprint density at radius 1 is 1.03 bits per heavy atom. The summed E-state index contributed by atoms with van der Waals surface area (Å²) in [5.41, 5.74) is -1.07. The van der Waals surface area contributed by atoms with Gasteiger partial charge in [-0.1, -0.05) is 11.6 Å². The molecule has 0 saturated heterocycles. The first-order valence-electron chi connectivity index (χ1n) is 10.1. The first-order valence-corrected chi connectivity index (χ1v) is 11.3. The summed E-state index contributed by atoms with van der Waals surface area (Å²) in [6.45, 7) is 1.56. The number of anilines is 1. The molecule has 3 heterocycles. The van der Waals surface area contributed by atoms with Crippen LogP contribution in [-0.4, -0.2) is 31.8 Å². The number of fused-ring (bicyclic) bond motifs is 1. The molecule has 4 rings (SSSR count). The number of rotatable bonds is 5. The summed E-state index contributed by atoms with van der Waals surface area (Å²) in [4.78, 5) is 38.4. The minimum absolute atomic E-state index is 0.0269. The maximum Gasteiger partial charge on any atom is 0.449 e. The molecule has 0 aliphatic rings. The molecule has 0 aliphatic heterocycles. The van der Waals surface area contributed by atoms with Crippen LogP contribution in [0.1, 0.15) is 49.4 Å². The first kappa shape index (κ1) is 26.3. The predicted octanol–water partition coefficient (Wildman–Crippen LogP) is 5.85. The molecule has 4 aromatic rings. The summed E-state index contributed by atoms with van der Waals surface area (Å²) in [7, 11) is 0. The number of imidazole rings is 1. The summed E-state index contributed by atoms with van der Waals surface area (Å²) in [5.74, 6) is -2.97. The fourth-order valence-electron chi connectivity index (χ4n) is 3.12. The minimum atomic E-state index is -4.74. The van der Waals surface area contributed by atoms with Gasteiger partial charge in [-0.05, 0) is 31.2 Å². The number of aromatic nitrogens is 4. The lowest BCUT2D eigenvalue weighted by molar-refractivity contribution is -0.144. The van der Waals surface area contributed by atoms with Gasteiger partial charge in [0.2, 0.25) is 5.82 Å². The molecule has 3 N–H and O–H groups in total. The molecule has 0 spiro atoms. The highest BCUT2D eigenvalue weighted by Crippen LogP contribution is 2.35. The summed E-state index contributed by atoms with van der Waals surface area (Å²) in [6, 6.07) is 3.68. The average molecular weight is 563 g/mol. The third kappa shape index (κ3) is 5.83. The van der Waals surface area contributed by atoms with E-state index in [0.29, 0.717) is 11.1 Å². The third-order valence-electron chi connectivity index (χ3n) is 4.88. The number of benzene rings is 1. The van der Waals surface area contributed by atoms with Crippen molar-refractivity contribution in [2.75, 3.05) is 5.32 Å². The van der Waals surface area contributed by atoms with Crippen LogP contribution in [-0.2, 0) is 12.4 Å². The Hall–Kier alpha value is -3.72. The van der Waals surface area contributed by atoms with Crippen LogP contribution < -0.4 is 10.6 Å². The summed E-state index contributed by atoms with van der Waals surface area (Å²) < 4.78 is 77.6. The average Bonchev–Trinajstić information content (AvgIpc) is 3.46. The highest BCUT2D eigenvalue weighted by molar-refractivity contribution is 7.13. The zero-order valence-electron chi connectivity index (χ0n) is 18.3. The van der Waals surface area contributed by atoms with Gasteiger partial charge in [0.05, 0.1) is 33.9 Å². The molecule has 3 aromatic heterocycles. The van der Waals surface area contributed by atoms with E-state index in [1.165, 1.54) is 24.4 Å². The van der Waals surface area contributed by atoms with Crippen molar-refractivity contribution in [1.29, 1.82) is 0 Å². The second-order valence-corrected chi connectivity index (χ2v) is 9.04. The lowest BCUT2D eigenvalue weighted by Crippen LogP contribution is -2.26. The van der Waals surface area contributed by atoms with E-state index in [1.807, 2.05) is 0 Å². The zero-order valence-corrected chi connectivity index (χ0v) is 19.8. The van der Waals surface area contributed by atoms with Crippen molar-refractivity contribution in [3.8, 4) is 0 Å². The number of H-pyrrole nitrogens is 1. The highest BCUT2D eigenvalue weighted by Gasteiger charge is 2.35. The van der Waals surface area contributed by atoms with Gasteiger partial charge in [-0.2, -0.15) is 26.3 Å². The maximum atomic E-state index is 13.0. The molecule has 0 fully saturated rings. The Morgan fingerprint density at radius 2 is 1.76 bits per heavy atom. The van der Waals surface area contributed by atoms with Gasteiger partial charge in [0.1, 0.15) is 15.7 Å². The topological polar surface area (TPSA) is 113 Å². The normalized spacial score (nSPS) is 13.0. The molecule has 0 bridgehead atoms. The second kappa shape index (κ2) is 9.63. The van der Waals surface area contributed by atoms with Crippen LogP contribution in [0.2, 0.25) is 5.02 Å². The number of aromatic amines is 1. The van der Waals surface area contributed by atoms with Crippen LogP contribution in [0, 0.1) is 0 Å². The van der Waals surface area contributed by atoms with Crippen LogP contribution in [0.3, 0.4) is 0 Å². The van der Waals surface area contributed by atoms with Crippen LogP contribution in [0.5, 0.6) is 0 Å². The van der Waals surface area contributed by atoms with Crippen LogP contribution in [0.25, 0.3) is 11.0 Å². The number of carbonyl (C=O) groups excluding carboxylic acids is 2.